The number of amides is 1. The minimum Gasteiger partial charge on any atom is -0.354 e. The standard InChI is InChI=1S/C16H22N4O3S/c1-13-5-7-15(8-6-13)24(22,23)19-11-3-9-17-16(21)14(2)20-12-4-10-18-20/h4-8,10,12,14,19H,3,9,11H2,1-2H3,(H,17,21). The Labute approximate surface area is 142 Å². The third-order valence-corrected chi connectivity index (χ3v) is 5.05. The van der Waals surface area contributed by atoms with Gasteiger partial charge >= 0.3 is 0 Å². The summed E-state index contributed by atoms with van der Waals surface area (Å²) in [6.07, 6.45) is 3.84. The summed E-state index contributed by atoms with van der Waals surface area (Å²) in [6.45, 7) is 4.30. The van der Waals surface area contributed by atoms with Gasteiger partial charge in [-0.3, -0.25) is 9.48 Å². The van der Waals surface area contributed by atoms with Gasteiger partial charge in [0.25, 0.3) is 0 Å². The Morgan fingerprint density at radius 3 is 2.58 bits per heavy atom. The SMILES string of the molecule is Cc1ccc(S(=O)(=O)NCCCNC(=O)C(C)n2cccn2)cc1. The lowest BCUT2D eigenvalue weighted by Crippen LogP contribution is -2.34. The molecule has 0 aliphatic heterocycles. The third kappa shape index (κ3) is 4.90. The number of benzene rings is 1. The lowest BCUT2D eigenvalue weighted by molar-refractivity contribution is -0.124. The molecule has 1 amide bonds. The minimum absolute atomic E-state index is 0.153. The van der Waals surface area contributed by atoms with Crippen LogP contribution in [0.15, 0.2) is 47.6 Å². The number of aryl methyl sites for hydroxylation is 1. The molecule has 1 aromatic heterocycles. The number of carbonyl (C=O) groups excluding carboxylic acids is 1. The van der Waals surface area contributed by atoms with Gasteiger partial charge in [-0.25, -0.2) is 13.1 Å². The lowest BCUT2D eigenvalue weighted by atomic mass is 10.2. The molecule has 0 bridgehead atoms. The van der Waals surface area contributed by atoms with Crippen molar-refractivity contribution in [3.8, 4) is 0 Å². The molecule has 0 spiro atoms. The van der Waals surface area contributed by atoms with Crippen molar-refractivity contribution in [2.24, 2.45) is 0 Å². The van der Waals surface area contributed by atoms with Crippen molar-refractivity contribution < 1.29 is 13.2 Å². The fourth-order valence-electron chi connectivity index (χ4n) is 2.08. The molecule has 0 aliphatic rings. The predicted molar refractivity (Wildman–Crippen MR) is 90.9 cm³/mol. The zero-order valence-electron chi connectivity index (χ0n) is 13.8. The first-order chi connectivity index (χ1) is 11.4. The Hall–Kier alpha value is -2.19. The maximum atomic E-state index is 12.1. The first-order valence-corrected chi connectivity index (χ1v) is 9.21. The molecule has 1 aromatic carbocycles. The van der Waals surface area contributed by atoms with Gasteiger partial charge in [0.15, 0.2) is 0 Å². The van der Waals surface area contributed by atoms with E-state index in [-0.39, 0.29) is 17.3 Å². The van der Waals surface area contributed by atoms with Crippen molar-refractivity contribution in [2.45, 2.75) is 31.2 Å². The molecule has 2 rings (SSSR count). The van der Waals surface area contributed by atoms with Crippen molar-refractivity contribution >= 4 is 15.9 Å². The highest BCUT2D eigenvalue weighted by atomic mass is 32.2. The summed E-state index contributed by atoms with van der Waals surface area (Å²) < 4.78 is 28.3. The molecule has 0 saturated heterocycles. The van der Waals surface area contributed by atoms with E-state index in [0.717, 1.165) is 5.56 Å². The monoisotopic (exact) mass is 350 g/mol. The Balaban J connectivity index is 1.73. The Morgan fingerprint density at radius 2 is 1.96 bits per heavy atom. The van der Waals surface area contributed by atoms with Crippen LogP contribution in [-0.4, -0.2) is 37.2 Å². The molecule has 130 valence electrons. The van der Waals surface area contributed by atoms with Crippen LogP contribution in [0.25, 0.3) is 0 Å². The van der Waals surface area contributed by atoms with Gasteiger partial charge in [0.2, 0.25) is 15.9 Å². The second kappa shape index (κ2) is 8.07. The predicted octanol–water partition coefficient (Wildman–Crippen LogP) is 1.24. The molecule has 7 nitrogen and oxygen atoms in total. The average molecular weight is 350 g/mol. The molecule has 1 heterocycles. The number of nitrogens with zero attached hydrogens (tertiary/aromatic N) is 2. The van der Waals surface area contributed by atoms with Crippen LogP contribution < -0.4 is 10.0 Å². The first kappa shape index (κ1) is 18.2. The molecule has 1 atom stereocenters. The highest BCUT2D eigenvalue weighted by Gasteiger charge is 2.15. The summed E-state index contributed by atoms with van der Waals surface area (Å²) in [5.74, 6) is -0.153. The van der Waals surface area contributed by atoms with Crippen LogP contribution in [0, 0.1) is 6.92 Å². The largest absolute Gasteiger partial charge is 0.354 e. The van der Waals surface area contributed by atoms with E-state index in [9.17, 15) is 13.2 Å². The molecular formula is C16H22N4O3S. The van der Waals surface area contributed by atoms with E-state index in [4.69, 9.17) is 0 Å². The summed E-state index contributed by atoms with van der Waals surface area (Å²) in [5, 5.41) is 6.79. The van der Waals surface area contributed by atoms with Crippen molar-refractivity contribution in [1.82, 2.24) is 19.8 Å². The molecule has 8 heteroatoms. The van der Waals surface area contributed by atoms with Crippen LogP contribution in [0.4, 0.5) is 0 Å². The van der Waals surface area contributed by atoms with Gasteiger partial charge in [-0.05, 0) is 38.5 Å². The van der Waals surface area contributed by atoms with Gasteiger partial charge in [-0.15, -0.1) is 0 Å². The van der Waals surface area contributed by atoms with Gasteiger partial charge in [0.1, 0.15) is 6.04 Å². The number of carbonyl (C=O) groups is 1. The van der Waals surface area contributed by atoms with Gasteiger partial charge in [-0.1, -0.05) is 17.7 Å². The van der Waals surface area contributed by atoms with Gasteiger partial charge in [0.05, 0.1) is 4.90 Å². The molecule has 0 aliphatic carbocycles. The average Bonchev–Trinajstić information content (AvgIpc) is 3.08. The number of rotatable bonds is 8. The summed E-state index contributed by atoms with van der Waals surface area (Å²) in [6, 6.07) is 8.01. The maximum absolute atomic E-state index is 12.1. The highest BCUT2D eigenvalue weighted by Crippen LogP contribution is 2.09. The second-order valence-electron chi connectivity index (χ2n) is 5.52. The minimum atomic E-state index is -3.51. The van der Waals surface area contributed by atoms with Crippen molar-refractivity contribution in [3.05, 3.63) is 48.3 Å². The zero-order chi connectivity index (χ0) is 17.6. The molecule has 0 radical (unpaired) electrons. The molecule has 2 N–H and O–H groups in total. The van der Waals surface area contributed by atoms with Crippen molar-refractivity contribution in [3.63, 3.8) is 0 Å². The Kier molecular flexibility index (Phi) is 6.10. The smallest absolute Gasteiger partial charge is 0.244 e. The van der Waals surface area contributed by atoms with E-state index in [0.29, 0.717) is 13.0 Å². The first-order valence-electron chi connectivity index (χ1n) is 7.73. The maximum Gasteiger partial charge on any atom is 0.244 e. The van der Waals surface area contributed by atoms with E-state index in [1.165, 1.54) is 0 Å². The van der Waals surface area contributed by atoms with Crippen molar-refractivity contribution in [1.29, 1.82) is 0 Å². The van der Waals surface area contributed by atoms with E-state index < -0.39 is 16.1 Å². The van der Waals surface area contributed by atoms with Crippen molar-refractivity contribution in [2.75, 3.05) is 13.1 Å². The van der Waals surface area contributed by atoms with E-state index >= 15 is 0 Å². The van der Waals surface area contributed by atoms with Crippen LogP contribution >= 0.6 is 0 Å². The Morgan fingerprint density at radius 1 is 1.25 bits per heavy atom. The van der Waals surface area contributed by atoms with Crippen LogP contribution in [0.1, 0.15) is 24.9 Å². The number of sulfonamides is 1. The van der Waals surface area contributed by atoms with Crippen LogP contribution in [-0.2, 0) is 14.8 Å². The summed E-state index contributed by atoms with van der Waals surface area (Å²) in [7, 11) is -3.51. The molecule has 24 heavy (non-hydrogen) atoms. The van der Waals surface area contributed by atoms with E-state index in [1.54, 1.807) is 54.3 Å². The fourth-order valence-corrected chi connectivity index (χ4v) is 3.16. The summed E-state index contributed by atoms with van der Waals surface area (Å²) in [5.41, 5.74) is 1.00. The zero-order valence-corrected chi connectivity index (χ0v) is 14.6. The number of nitrogens with one attached hydrogen (secondary N) is 2. The quantitative estimate of drug-likeness (QED) is 0.701. The van der Waals surface area contributed by atoms with E-state index in [2.05, 4.69) is 15.1 Å². The molecular weight excluding hydrogens is 328 g/mol. The molecule has 2 aromatic rings. The number of hydrogen-bond acceptors (Lipinski definition) is 4. The van der Waals surface area contributed by atoms with Gasteiger partial charge in [0, 0.05) is 25.5 Å². The summed E-state index contributed by atoms with van der Waals surface area (Å²) in [4.78, 5) is 12.2. The highest BCUT2D eigenvalue weighted by molar-refractivity contribution is 7.89. The topological polar surface area (TPSA) is 93.1 Å². The number of aromatic nitrogens is 2. The van der Waals surface area contributed by atoms with Crippen LogP contribution in [0.5, 0.6) is 0 Å². The van der Waals surface area contributed by atoms with Crippen LogP contribution in [0.2, 0.25) is 0 Å². The second-order valence-corrected chi connectivity index (χ2v) is 7.28. The molecule has 0 fully saturated rings. The fraction of sp³-hybridized carbons (Fsp3) is 0.375. The lowest BCUT2D eigenvalue weighted by Gasteiger charge is -2.12. The molecule has 1 unspecified atom stereocenters. The number of hydrogen-bond donors (Lipinski definition) is 2. The normalized spacial score (nSPS) is 12.8. The van der Waals surface area contributed by atoms with Crippen LogP contribution in [0.3, 0.4) is 0 Å². The van der Waals surface area contributed by atoms with Gasteiger partial charge in [-0.2, -0.15) is 5.10 Å². The molecule has 0 saturated carbocycles. The van der Waals surface area contributed by atoms with Gasteiger partial charge < -0.3 is 5.32 Å². The Bertz CT molecular complexity index is 755. The third-order valence-electron chi connectivity index (χ3n) is 3.58. The van der Waals surface area contributed by atoms with E-state index in [1.807, 2.05) is 6.92 Å². The summed E-state index contributed by atoms with van der Waals surface area (Å²) >= 11 is 0.